The molecule has 0 saturated carbocycles. The van der Waals surface area contributed by atoms with Crippen molar-refractivity contribution < 1.29 is 17.9 Å². The molecule has 6 heteroatoms. The molecule has 20 heavy (non-hydrogen) atoms. The number of benzene rings is 1. The molecule has 0 radical (unpaired) electrons. The van der Waals surface area contributed by atoms with Crippen molar-refractivity contribution in [3.63, 3.8) is 0 Å². The van der Waals surface area contributed by atoms with E-state index in [4.69, 9.17) is 0 Å². The molecule has 1 aromatic carbocycles. The molecule has 0 amide bonds. The number of carbonyl (C=O) groups excluding carboxylic acids is 1. The van der Waals surface area contributed by atoms with Gasteiger partial charge in [0.15, 0.2) is 0 Å². The Kier molecular flexibility index (Phi) is 5.47. The van der Waals surface area contributed by atoms with Crippen LogP contribution in [0.25, 0.3) is 0 Å². The number of esters is 1. The summed E-state index contributed by atoms with van der Waals surface area (Å²) in [4.78, 5) is 11.7. The Bertz CT molecular complexity index is 578. The molecule has 1 aromatic rings. The van der Waals surface area contributed by atoms with Crippen molar-refractivity contribution in [1.29, 1.82) is 0 Å². The van der Waals surface area contributed by atoms with Crippen LogP contribution in [0.5, 0.6) is 0 Å². The summed E-state index contributed by atoms with van der Waals surface area (Å²) in [5.74, 6) is -1.26. The summed E-state index contributed by atoms with van der Waals surface area (Å²) < 4.78 is 31.4. The van der Waals surface area contributed by atoms with Gasteiger partial charge in [0, 0.05) is 6.04 Å². The van der Waals surface area contributed by atoms with E-state index in [1.165, 1.54) is 25.3 Å². The third-order valence-corrected chi connectivity index (χ3v) is 4.51. The fraction of sp³-hybridized carbons (Fsp3) is 0.357. The van der Waals surface area contributed by atoms with Crippen LogP contribution in [0, 0.1) is 12.8 Å². The van der Waals surface area contributed by atoms with Crippen LogP contribution in [-0.4, -0.2) is 27.5 Å². The van der Waals surface area contributed by atoms with E-state index in [2.05, 4.69) is 16.0 Å². The second-order valence-electron chi connectivity index (χ2n) is 4.51. The van der Waals surface area contributed by atoms with Gasteiger partial charge in [0.05, 0.1) is 17.9 Å². The van der Waals surface area contributed by atoms with E-state index in [1.54, 1.807) is 19.1 Å². The molecule has 0 spiro atoms. The monoisotopic (exact) mass is 297 g/mol. The lowest BCUT2D eigenvalue weighted by molar-refractivity contribution is -0.144. The van der Waals surface area contributed by atoms with Gasteiger partial charge in [-0.1, -0.05) is 23.8 Å². The van der Waals surface area contributed by atoms with Gasteiger partial charge < -0.3 is 4.74 Å². The molecule has 0 aliphatic carbocycles. The van der Waals surface area contributed by atoms with E-state index in [0.29, 0.717) is 0 Å². The van der Waals surface area contributed by atoms with Crippen LogP contribution in [0.1, 0.15) is 12.5 Å². The zero-order chi connectivity index (χ0) is 15.3. The molecule has 5 nitrogen and oxygen atoms in total. The minimum Gasteiger partial charge on any atom is -0.469 e. The molecule has 2 atom stereocenters. The zero-order valence-electron chi connectivity index (χ0n) is 11.8. The summed E-state index contributed by atoms with van der Waals surface area (Å²) in [6.45, 7) is 6.99. The highest BCUT2D eigenvalue weighted by Crippen LogP contribution is 2.14. The van der Waals surface area contributed by atoms with Crippen molar-refractivity contribution in [2.24, 2.45) is 5.92 Å². The van der Waals surface area contributed by atoms with Gasteiger partial charge in [0.2, 0.25) is 10.0 Å². The van der Waals surface area contributed by atoms with Gasteiger partial charge in [0.1, 0.15) is 0 Å². The Labute approximate surface area is 119 Å². The van der Waals surface area contributed by atoms with Gasteiger partial charge in [-0.05, 0) is 26.0 Å². The highest BCUT2D eigenvalue weighted by molar-refractivity contribution is 7.89. The molecule has 0 unspecified atom stereocenters. The van der Waals surface area contributed by atoms with Crippen LogP contribution in [0.2, 0.25) is 0 Å². The van der Waals surface area contributed by atoms with Gasteiger partial charge >= 0.3 is 5.97 Å². The first kappa shape index (κ1) is 16.4. The second-order valence-corrected chi connectivity index (χ2v) is 6.22. The predicted octanol–water partition coefficient (Wildman–Crippen LogP) is 1.64. The standard InChI is InChI=1S/C14H19NO4S/c1-5-13(14(16)19-4)11(3)15-20(17,18)12-8-6-10(2)7-9-12/h5-9,11,13,15H,1H2,2-4H3/t11-,13+/m0/s1. The van der Waals surface area contributed by atoms with E-state index < -0.39 is 28.0 Å². The molecule has 0 aliphatic heterocycles. The number of methoxy groups -OCH3 is 1. The SMILES string of the molecule is C=C[C@@H](C(=O)OC)[C@H](C)NS(=O)(=O)c1ccc(C)cc1. The Morgan fingerprint density at radius 2 is 1.90 bits per heavy atom. The summed E-state index contributed by atoms with van der Waals surface area (Å²) in [6, 6.07) is 5.82. The highest BCUT2D eigenvalue weighted by Gasteiger charge is 2.27. The topological polar surface area (TPSA) is 72.5 Å². The molecule has 0 saturated heterocycles. The Morgan fingerprint density at radius 1 is 1.35 bits per heavy atom. The number of nitrogens with one attached hydrogen (secondary N) is 1. The zero-order valence-corrected chi connectivity index (χ0v) is 12.6. The lowest BCUT2D eigenvalue weighted by atomic mass is 10.0. The molecular weight excluding hydrogens is 278 g/mol. The number of hydrogen-bond donors (Lipinski definition) is 1. The van der Waals surface area contributed by atoms with Crippen LogP contribution in [0.4, 0.5) is 0 Å². The van der Waals surface area contributed by atoms with Crippen LogP contribution >= 0.6 is 0 Å². The van der Waals surface area contributed by atoms with Gasteiger partial charge in [-0.2, -0.15) is 0 Å². The normalized spacial score (nSPS) is 14.3. The van der Waals surface area contributed by atoms with Crippen molar-refractivity contribution in [2.75, 3.05) is 7.11 Å². The summed E-state index contributed by atoms with van der Waals surface area (Å²) in [7, 11) is -2.43. The van der Waals surface area contributed by atoms with Gasteiger partial charge in [0.25, 0.3) is 0 Å². The Morgan fingerprint density at radius 3 is 2.35 bits per heavy atom. The Hall–Kier alpha value is -1.66. The summed E-state index contributed by atoms with van der Waals surface area (Å²) >= 11 is 0. The third kappa shape index (κ3) is 3.91. The Balaban J connectivity index is 2.92. The summed E-state index contributed by atoms with van der Waals surface area (Å²) in [5, 5.41) is 0. The second kappa shape index (κ2) is 6.67. The average molecular weight is 297 g/mol. The smallest absolute Gasteiger partial charge is 0.314 e. The largest absolute Gasteiger partial charge is 0.469 e. The maximum absolute atomic E-state index is 12.2. The lowest BCUT2D eigenvalue weighted by Crippen LogP contribution is -2.40. The van der Waals surface area contributed by atoms with Gasteiger partial charge in [-0.25, -0.2) is 13.1 Å². The first-order chi connectivity index (χ1) is 9.31. The predicted molar refractivity (Wildman–Crippen MR) is 76.7 cm³/mol. The van der Waals surface area contributed by atoms with Crippen LogP contribution in [0.15, 0.2) is 41.8 Å². The molecule has 110 valence electrons. The first-order valence-corrected chi connectivity index (χ1v) is 7.59. The van der Waals surface area contributed by atoms with Crippen molar-refractivity contribution >= 4 is 16.0 Å². The van der Waals surface area contributed by atoms with Crippen molar-refractivity contribution in [1.82, 2.24) is 4.72 Å². The number of rotatable bonds is 6. The minimum atomic E-state index is -3.68. The highest BCUT2D eigenvalue weighted by atomic mass is 32.2. The van der Waals surface area contributed by atoms with Gasteiger partial charge in [-0.3, -0.25) is 4.79 Å². The van der Waals surface area contributed by atoms with Crippen molar-refractivity contribution in [3.8, 4) is 0 Å². The fourth-order valence-electron chi connectivity index (χ4n) is 1.74. The van der Waals surface area contributed by atoms with E-state index in [9.17, 15) is 13.2 Å². The molecule has 0 fully saturated rings. The van der Waals surface area contributed by atoms with Crippen LogP contribution in [-0.2, 0) is 19.6 Å². The maximum Gasteiger partial charge on any atom is 0.314 e. The van der Waals surface area contributed by atoms with Crippen LogP contribution in [0.3, 0.4) is 0 Å². The van der Waals surface area contributed by atoms with Gasteiger partial charge in [-0.15, -0.1) is 6.58 Å². The molecule has 1 N–H and O–H groups in total. The average Bonchev–Trinajstić information content (AvgIpc) is 2.39. The lowest BCUT2D eigenvalue weighted by Gasteiger charge is -2.19. The number of ether oxygens (including phenoxy) is 1. The number of aryl methyl sites for hydroxylation is 1. The van der Waals surface area contributed by atoms with Crippen molar-refractivity contribution in [3.05, 3.63) is 42.5 Å². The molecule has 0 bridgehead atoms. The fourth-order valence-corrected chi connectivity index (χ4v) is 3.01. The molecule has 1 rings (SSSR count). The molecular formula is C14H19NO4S. The van der Waals surface area contributed by atoms with Crippen LogP contribution < -0.4 is 4.72 Å². The maximum atomic E-state index is 12.2. The third-order valence-electron chi connectivity index (χ3n) is 2.94. The van der Waals surface area contributed by atoms with Crippen molar-refractivity contribution in [2.45, 2.75) is 24.8 Å². The molecule has 0 aromatic heterocycles. The number of hydrogen-bond acceptors (Lipinski definition) is 4. The molecule has 0 heterocycles. The quantitative estimate of drug-likeness (QED) is 0.640. The van der Waals surface area contributed by atoms with E-state index >= 15 is 0 Å². The van der Waals surface area contributed by atoms with E-state index in [-0.39, 0.29) is 4.90 Å². The van der Waals surface area contributed by atoms with E-state index in [0.717, 1.165) is 5.56 Å². The molecule has 0 aliphatic rings. The van der Waals surface area contributed by atoms with E-state index in [1.807, 2.05) is 6.92 Å². The first-order valence-electron chi connectivity index (χ1n) is 6.11. The summed E-state index contributed by atoms with van der Waals surface area (Å²) in [5.41, 5.74) is 0.968. The number of sulfonamides is 1. The summed E-state index contributed by atoms with van der Waals surface area (Å²) in [6.07, 6.45) is 1.37. The number of carbonyl (C=O) groups is 1. The minimum absolute atomic E-state index is 0.155.